The number of carbonyl (C=O) groups is 1. The number of halogens is 1. The third kappa shape index (κ3) is 3.01. The SMILES string of the molecule is C[n+]1ccccc1CC(=O)c1ccc(Br)cc1. The standard InChI is InChI=1S/C14H13BrNO/c1-16-9-3-2-4-13(16)10-14(17)11-5-7-12(15)8-6-11/h2-9H,10H2,1H3/q+1. The Morgan fingerprint density at radius 2 is 1.88 bits per heavy atom. The van der Waals surface area contributed by atoms with E-state index in [1.54, 1.807) is 0 Å². The molecule has 1 aromatic heterocycles. The molecule has 0 fully saturated rings. The molecule has 0 spiro atoms. The first-order valence-electron chi connectivity index (χ1n) is 5.39. The smallest absolute Gasteiger partial charge is 0.188 e. The number of rotatable bonds is 3. The molecule has 2 nitrogen and oxygen atoms in total. The molecular formula is C14H13BrNO+. The number of ketones is 1. The average Bonchev–Trinajstić information content (AvgIpc) is 2.33. The Labute approximate surface area is 109 Å². The molecule has 3 heteroatoms. The van der Waals surface area contributed by atoms with Crippen molar-refractivity contribution in [2.24, 2.45) is 7.05 Å². The van der Waals surface area contributed by atoms with E-state index in [-0.39, 0.29) is 5.78 Å². The zero-order valence-corrected chi connectivity index (χ0v) is 11.1. The number of benzene rings is 1. The minimum absolute atomic E-state index is 0.138. The number of Topliss-reactive ketones (excluding diaryl/α,β-unsaturated/α-hetero) is 1. The van der Waals surface area contributed by atoms with Gasteiger partial charge >= 0.3 is 0 Å². The largest absolute Gasteiger partial charge is 0.294 e. The fraction of sp³-hybridized carbons (Fsp3) is 0.143. The van der Waals surface area contributed by atoms with Crippen LogP contribution in [0.2, 0.25) is 0 Å². The summed E-state index contributed by atoms with van der Waals surface area (Å²) in [5.41, 5.74) is 1.76. The molecule has 0 aliphatic rings. The van der Waals surface area contributed by atoms with Crippen LogP contribution in [-0.2, 0) is 13.5 Å². The molecule has 0 aliphatic heterocycles. The molecule has 86 valence electrons. The van der Waals surface area contributed by atoms with Gasteiger partial charge in [0.2, 0.25) is 0 Å². The predicted molar refractivity (Wildman–Crippen MR) is 69.8 cm³/mol. The van der Waals surface area contributed by atoms with Crippen molar-refractivity contribution < 1.29 is 9.36 Å². The summed E-state index contributed by atoms with van der Waals surface area (Å²) in [5, 5.41) is 0. The number of hydrogen-bond acceptors (Lipinski definition) is 1. The Morgan fingerprint density at radius 3 is 2.53 bits per heavy atom. The van der Waals surface area contributed by atoms with Crippen molar-refractivity contribution in [2.45, 2.75) is 6.42 Å². The molecule has 0 radical (unpaired) electrons. The summed E-state index contributed by atoms with van der Waals surface area (Å²) in [4.78, 5) is 12.0. The van der Waals surface area contributed by atoms with Crippen LogP contribution in [0.4, 0.5) is 0 Å². The van der Waals surface area contributed by atoms with E-state index in [2.05, 4.69) is 15.9 Å². The Hall–Kier alpha value is -1.48. The molecule has 0 saturated carbocycles. The minimum atomic E-state index is 0.138. The lowest BCUT2D eigenvalue weighted by molar-refractivity contribution is -0.678. The van der Waals surface area contributed by atoms with Crippen LogP contribution in [-0.4, -0.2) is 5.78 Å². The lowest BCUT2D eigenvalue weighted by atomic mass is 10.1. The Kier molecular flexibility index (Phi) is 3.69. The van der Waals surface area contributed by atoms with E-state index in [1.807, 2.05) is 60.3 Å². The first-order valence-corrected chi connectivity index (χ1v) is 6.18. The Balaban J connectivity index is 2.17. The van der Waals surface area contributed by atoms with Crippen molar-refractivity contribution in [1.29, 1.82) is 0 Å². The second-order valence-electron chi connectivity index (χ2n) is 3.91. The van der Waals surface area contributed by atoms with Crippen molar-refractivity contribution in [1.82, 2.24) is 0 Å². The van der Waals surface area contributed by atoms with Gasteiger partial charge in [0.15, 0.2) is 17.7 Å². The summed E-state index contributed by atoms with van der Waals surface area (Å²) in [6.07, 6.45) is 2.38. The number of hydrogen-bond donors (Lipinski definition) is 0. The summed E-state index contributed by atoms with van der Waals surface area (Å²) in [6, 6.07) is 13.3. The van der Waals surface area contributed by atoms with Crippen LogP contribution in [0.5, 0.6) is 0 Å². The number of carbonyl (C=O) groups excluding carboxylic acids is 1. The summed E-state index contributed by atoms with van der Waals surface area (Å²) in [6.45, 7) is 0. The van der Waals surface area contributed by atoms with E-state index in [0.717, 1.165) is 15.7 Å². The molecule has 0 aliphatic carbocycles. The van der Waals surface area contributed by atoms with Gasteiger partial charge in [0, 0.05) is 22.2 Å². The molecule has 0 saturated heterocycles. The molecule has 1 heterocycles. The topological polar surface area (TPSA) is 20.9 Å². The number of aromatic nitrogens is 1. The molecule has 0 bridgehead atoms. The molecule has 17 heavy (non-hydrogen) atoms. The van der Waals surface area contributed by atoms with Gasteiger partial charge in [-0.3, -0.25) is 4.79 Å². The van der Waals surface area contributed by atoms with Crippen molar-refractivity contribution >= 4 is 21.7 Å². The molecule has 0 atom stereocenters. The maximum absolute atomic E-state index is 12.0. The molecule has 2 rings (SSSR count). The van der Waals surface area contributed by atoms with Crippen molar-refractivity contribution in [2.75, 3.05) is 0 Å². The maximum atomic E-state index is 12.0. The summed E-state index contributed by atoms with van der Waals surface area (Å²) >= 11 is 3.36. The third-order valence-corrected chi connectivity index (χ3v) is 3.20. The predicted octanol–water partition coefficient (Wildman–Crippen LogP) is 2.70. The zero-order valence-electron chi connectivity index (χ0n) is 9.56. The highest BCUT2D eigenvalue weighted by atomic mass is 79.9. The highest BCUT2D eigenvalue weighted by molar-refractivity contribution is 9.10. The van der Waals surface area contributed by atoms with Crippen molar-refractivity contribution in [3.8, 4) is 0 Å². The summed E-state index contributed by atoms with van der Waals surface area (Å²) in [7, 11) is 1.95. The minimum Gasteiger partial charge on any atom is -0.294 e. The van der Waals surface area contributed by atoms with E-state index in [1.165, 1.54) is 0 Å². The normalized spacial score (nSPS) is 10.2. The second kappa shape index (κ2) is 5.23. The van der Waals surface area contributed by atoms with Gasteiger partial charge < -0.3 is 0 Å². The molecular weight excluding hydrogens is 278 g/mol. The molecule has 0 N–H and O–H groups in total. The van der Waals surface area contributed by atoms with Crippen LogP contribution in [0, 0.1) is 0 Å². The van der Waals surface area contributed by atoms with Gasteiger partial charge in [-0.15, -0.1) is 0 Å². The van der Waals surface area contributed by atoms with Crippen LogP contribution >= 0.6 is 15.9 Å². The van der Waals surface area contributed by atoms with Crippen LogP contribution in [0.1, 0.15) is 16.1 Å². The average molecular weight is 291 g/mol. The Morgan fingerprint density at radius 1 is 1.18 bits per heavy atom. The highest BCUT2D eigenvalue weighted by Gasteiger charge is 2.12. The van der Waals surface area contributed by atoms with E-state index >= 15 is 0 Å². The fourth-order valence-electron chi connectivity index (χ4n) is 1.64. The number of pyridine rings is 1. The first-order chi connectivity index (χ1) is 8.16. The number of aryl methyl sites for hydroxylation is 1. The van der Waals surface area contributed by atoms with E-state index < -0.39 is 0 Å². The number of nitrogens with zero attached hydrogens (tertiary/aromatic N) is 1. The van der Waals surface area contributed by atoms with Gasteiger partial charge in [0.25, 0.3) is 0 Å². The lowest BCUT2D eigenvalue weighted by Crippen LogP contribution is -2.33. The maximum Gasteiger partial charge on any atom is 0.188 e. The summed E-state index contributed by atoms with van der Waals surface area (Å²) < 4.78 is 2.95. The lowest BCUT2D eigenvalue weighted by Gasteiger charge is -2.00. The third-order valence-electron chi connectivity index (χ3n) is 2.67. The molecule has 2 aromatic rings. The monoisotopic (exact) mass is 290 g/mol. The first kappa shape index (κ1) is 12.0. The van der Waals surface area contributed by atoms with Gasteiger partial charge in [0.1, 0.15) is 7.05 Å². The van der Waals surface area contributed by atoms with Crippen LogP contribution in [0.3, 0.4) is 0 Å². The quantitative estimate of drug-likeness (QED) is 0.629. The fourth-order valence-corrected chi connectivity index (χ4v) is 1.91. The van der Waals surface area contributed by atoms with E-state index in [0.29, 0.717) is 6.42 Å². The van der Waals surface area contributed by atoms with Crippen molar-refractivity contribution in [3.05, 3.63) is 64.4 Å². The Bertz CT molecular complexity index is 534. The zero-order chi connectivity index (χ0) is 12.3. The van der Waals surface area contributed by atoms with Crippen molar-refractivity contribution in [3.63, 3.8) is 0 Å². The van der Waals surface area contributed by atoms with Gasteiger partial charge in [-0.2, -0.15) is 0 Å². The van der Waals surface area contributed by atoms with Gasteiger partial charge in [-0.25, -0.2) is 4.57 Å². The summed E-state index contributed by atoms with van der Waals surface area (Å²) in [5.74, 6) is 0.138. The van der Waals surface area contributed by atoms with Crippen LogP contribution < -0.4 is 4.57 Å². The van der Waals surface area contributed by atoms with Crippen LogP contribution in [0.25, 0.3) is 0 Å². The molecule has 0 unspecified atom stereocenters. The molecule has 0 amide bonds. The second-order valence-corrected chi connectivity index (χ2v) is 4.83. The van der Waals surface area contributed by atoms with Gasteiger partial charge in [-0.05, 0) is 12.1 Å². The molecule has 1 aromatic carbocycles. The van der Waals surface area contributed by atoms with Crippen LogP contribution in [0.15, 0.2) is 53.1 Å². The highest BCUT2D eigenvalue weighted by Crippen LogP contribution is 2.12. The van der Waals surface area contributed by atoms with Gasteiger partial charge in [0.05, 0.1) is 6.42 Å². The van der Waals surface area contributed by atoms with Gasteiger partial charge in [-0.1, -0.05) is 34.1 Å². The van der Waals surface area contributed by atoms with E-state index in [9.17, 15) is 4.79 Å². The van der Waals surface area contributed by atoms with E-state index in [4.69, 9.17) is 0 Å².